The van der Waals surface area contributed by atoms with Gasteiger partial charge in [0, 0.05) is 38.6 Å². The van der Waals surface area contributed by atoms with E-state index in [1.54, 1.807) is 0 Å². The summed E-state index contributed by atoms with van der Waals surface area (Å²) in [4.78, 5) is 2.00. The lowest BCUT2D eigenvalue weighted by Crippen LogP contribution is -2.45. The number of nitrogens with zero attached hydrogens (tertiary/aromatic N) is 2. The van der Waals surface area contributed by atoms with Crippen LogP contribution in [0.3, 0.4) is 0 Å². The fourth-order valence-electron chi connectivity index (χ4n) is 2.01. The van der Waals surface area contributed by atoms with E-state index in [1.165, 1.54) is 5.56 Å². The van der Waals surface area contributed by atoms with E-state index >= 15 is 0 Å². The lowest BCUT2D eigenvalue weighted by atomic mass is 10.1. The maximum Gasteiger partial charge on any atom is 0.0869 e. The Kier molecular flexibility index (Phi) is 5.18. The van der Waals surface area contributed by atoms with Gasteiger partial charge in [0.1, 0.15) is 0 Å². The second-order valence-electron chi connectivity index (χ2n) is 5.19. The molecule has 0 spiro atoms. The number of rotatable bonds is 7. The fourth-order valence-corrected chi connectivity index (χ4v) is 2.01. The predicted octanol–water partition coefficient (Wildman–Crippen LogP) is 0.910. The summed E-state index contributed by atoms with van der Waals surface area (Å²) in [5.41, 5.74) is 0.573. The monoisotopic (exact) mass is 239 g/mol. The molecule has 0 aliphatic carbocycles. The highest BCUT2D eigenvalue weighted by Gasteiger charge is 2.20. The quantitative estimate of drug-likeness (QED) is 0.743. The van der Waals surface area contributed by atoms with Gasteiger partial charge in [-0.05, 0) is 39.6 Å². The van der Waals surface area contributed by atoms with Gasteiger partial charge in [-0.15, -0.1) is 0 Å². The standard InChI is InChI=1S/C13H25N3O/c1-5-16-7-6-12(9-16)8-14-10-13(2,17)11-15(3)4/h6-7,9,14,17H,5,8,10-11H2,1-4H3. The summed E-state index contributed by atoms with van der Waals surface area (Å²) in [5, 5.41) is 13.4. The summed E-state index contributed by atoms with van der Waals surface area (Å²) in [6.07, 6.45) is 4.21. The lowest BCUT2D eigenvalue weighted by Gasteiger charge is -2.27. The van der Waals surface area contributed by atoms with Crippen LogP contribution in [0, 0.1) is 0 Å². The third-order valence-electron chi connectivity index (χ3n) is 2.67. The van der Waals surface area contributed by atoms with Gasteiger partial charge in [0.25, 0.3) is 0 Å². The Labute approximate surface area is 104 Å². The van der Waals surface area contributed by atoms with Crippen LogP contribution >= 0.6 is 0 Å². The SMILES string of the molecule is CCn1ccc(CNCC(C)(O)CN(C)C)c1. The Bertz CT molecular complexity index is 331. The van der Waals surface area contributed by atoms with Gasteiger partial charge in [0.05, 0.1) is 5.60 Å². The Hall–Kier alpha value is -0.840. The zero-order valence-electron chi connectivity index (χ0n) is 11.4. The van der Waals surface area contributed by atoms with Crippen LogP contribution in [0.15, 0.2) is 18.5 Å². The Morgan fingerprint density at radius 3 is 2.71 bits per heavy atom. The number of hydrogen-bond acceptors (Lipinski definition) is 3. The minimum atomic E-state index is -0.684. The normalized spacial score (nSPS) is 15.2. The van der Waals surface area contributed by atoms with E-state index in [1.807, 2.05) is 25.9 Å². The van der Waals surface area contributed by atoms with E-state index in [2.05, 4.69) is 35.3 Å². The minimum absolute atomic E-state index is 0.600. The maximum atomic E-state index is 10.1. The first-order chi connectivity index (χ1) is 7.93. The predicted molar refractivity (Wildman–Crippen MR) is 71.0 cm³/mol. The molecule has 0 aliphatic heterocycles. The molecule has 0 amide bonds. The first kappa shape index (κ1) is 14.2. The van der Waals surface area contributed by atoms with Gasteiger partial charge in [0.2, 0.25) is 0 Å². The summed E-state index contributed by atoms with van der Waals surface area (Å²) < 4.78 is 2.15. The fraction of sp³-hybridized carbons (Fsp3) is 0.692. The highest BCUT2D eigenvalue weighted by molar-refractivity contribution is 5.09. The largest absolute Gasteiger partial charge is 0.388 e. The van der Waals surface area contributed by atoms with Crippen LogP contribution in [0.5, 0.6) is 0 Å². The second-order valence-corrected chi connectivity index (χ2v) is 5.19. The zero-order valence-corrected chi connectivity index (χ0v) is 11.4. The summed E-state index contributed by atoms with van der Waals surface area (Å²) in [6.45, 7) is 7.05. The van der Waals surface area contributed by atoms with Crippen molar-refractivity contribution >= 4 is 0 Å². The van der Waals surface area contributed by atoms with Crippen LogP contribution in [0.2, 0.25) is 0 Å². The van der Waals surface area contributed by atoms with Crippen LogP contribution in [0.1, 0.15) is 19.4 Å². The van der Waals surface area contributed by atoms with Crippen molar-refractivity contribution in [1.82, 2.24) is 14.8 Å². The van der Waals surface area contributed by atoms with Gasteiger partial charge in [-0.2, -0.15) is 0 Å². The van der Waals surface area contributed by atoms with Gasteiger partial charge in [0.15, 0.2) is 0 Å². The van der Waals surface area contributed by atoms with Gasteiger partial charge >= 0.3 is 0 Å². The van der Waals surface area contributed by atoms with Crippen molar-refractivity contribution in [2.24, 2.45) is 0 Å². The molecule has 0 bridgehead atoms. The first-order valence-electron chi connectivity index (χ1n) is 6.15. The molecule has 4 heteroatoms. The molecule has 1 unspecified atom stereocenters. The molecule has 98 valence electrons. The molecule has 0 aromatic carbocycles. The third-order valence-corrected chi connectivity index (χ3v) is 2.67. The molecule has 0 radical (unpaired) electrons. The summed E-state index contributed by atoms with van der Waals surface area (Å²) >= 11 is 0. The second kappa shape index (κ2) is 6.19. The highest BCUT2D eigenvalue weighted by atomic mass is 16.3. The van der Waals surface area contributed by atoms with Crippen molar-refractivity contribution in [2.75, 3.05) is 27.2 Å². The Morgan fingerprint density at radius 1 is 1.47 bits per heavy atom. The topological polar surface area (TPSA) is 40.4 Å². The average molecular weight is 239 g/mol. The molecule has 1 heterocycles. The van der Waals surface area contributed by atoms with Crippen LogP contribution in [-0.4, -0.2) is 47.4 Å². The molecule has 0 saturated heterocycles. The van der Waals surface area contributed by atoms with Gasteiger partial charge in [-0.25, -0.2) is 0 Å². The number of aromatic nitrogens is 1. The number of aryl methyl sites for hydroxylation is 1. The molecular weight excluding hydrogens is 214 g/mol. The van der Waals surface area contributed by atoms with E-state index in [0.717, 1.165) is 13.1 Å². The van der Waals surface area contributed by atoms with Crippen molar-refractivity contribution in [3.63, 3.8) is 0 Å². The van der Waals surface area contributed by atoms with E-state index < -0.39 is 5.60 Å². The van der Waals surface area contributed by atoms with Crippen molar-refractivity contribution < 1.29 is 5.11 Å². The summed E-state index contributed by atoms with van der Waals surface area (Å²) in [6, 6.07) is 2.11. The Morgan fingerprint density at radius 2 is 2.18 bits per heavy atom. The van der Waals surface area contributed by atoms with Crippen molar-refractivity contribution in [2.45, 2.75) is 32.5 Å². The number of likely N-dealkylation sites (N-methyl/N-ethyl adjacent to an activating group) is 1. The van der Waals surface area contributed by atoms with Crippen LogP contribution in [-0.2, 0) is 13.1 Å². The molecule has 17 heavy (non-hydrogen) atoms. The molecule has 1 rings (SSSR count). The molecule has 0 fully saturated rings. The van der Waals surface area contributed by atoms with Gasteiger partial charge in [-0.1, -0.05) is 0 Å². The smallest absolute Gasteiger partial charge is 0.0869 e. The molecule has 1 aromatic rings. The van der Waals surface area contributed by atoms with Gasteiger partial charge < -0.3 is 19.9 Å². The molecule has 0 saturated carbocycles. The van der Waals surface area contributed by atoms with Crippen molar-refractivity contribution in [3.8, 4) is 0 Å². The molecule has 2 N–H and O–H groups in total. The summed E-state index contributed by atoms with van der Waals surface area (Å²) in [5.74, 6) is 0. The molecular formula is C13H25N3O. The van der Waals surface area contributed by atoms with Crippen LogP contribution in [0.4, 0.5) is 0 Å². The maximum absolute atomic E-state index is 10.1. The number of nitrogens with one attached hydrogen (secondary N) is 1. The highest BCUT2D eigenvalue weighted by Crippen LogP contribution is 2.05. The average Bonchev–Trinajstić information content (AvgIpc) is 2.63. The molecule has 4 nitrogen and oxygen atoms in total. The zero-order chi connectivity index (χ0) is 12.9. The molecule has 1 aromatic heterocycles. The van der Waals surface area contributed by atoms with E-state index in [0.29, 0.717) is 13.1 Å². The molecule has 0 aliphatic rings. The van der Waals surface area contributed by atoms with Crippen LogP contribution < -0.4 is 5.32 Å². The molecule has 1 atom stereocenters. The number of hydrogen-bond donors (Lipinski definition) is 2. The van der Waals surface area contributed by atoms with Crippen molar-refractivity contribution in [1.29, 1.82) is 0 Å². The van der Waals surface area contributed by atoms with Crippen LogP contribution in [0.25, 0.3) is 0 Å². The Balaban J connectivity index is 2.31. The first-order valence-corrected chi connectivity index (χ1v) is 6.15. The third kappa shape index (κ3) is 5.35. The summed E-state index contributed by atoms with van der Waals surface area (Å²) in [7, 11) is 3.94. The van der Waals surface area contributed by atoms with E-state index in [4.69, 9.17) is 0 Å². The minimum Gasteiger partial charge on any atom is -0.388 e. The van der Waals surface area contributed by atoms with E-state index in [9.17, 15) is 5.11 Å². The number of aliphatic hydroxyl groups is 1. The van der Waals surface area contributed by atoms with E-state index in [-0.39, 0.29) is 0 Å². The lowest BCUT2D eigenvalue weighted by molar-refractivity contribution is 0.0336. The van der Waals surface area contributed by atoms with Gasteiger partial charge in [-0.3, -0.25) is 0 Å². The van der Waals surface area contributed by atoms with Crippen molar-refractivity contribution in [3.05, 3.63) is 24.0 Å².